The number of methoxy groups -OCH3 is 1. The van der Waals surface area contributed by atoms with Crippen molar-refractivity contribution in [2.75, 3.05) is 33.9 Å². The molecule has 1 rings (SSSR count). The number of hydrogen-bond acceptors (Lipinski definition) is 5. The van der Waals surface area contributed by atoms with Crippen LogP contribution < -0.4 is 11.1 Å². The molecule has 1 heterocycles. The van der Waals surface area contributed by atoms with Crippen molar-refractivity contribution in [3.05, 3.63) is 21.3 Å². The van der Waals surface area contributed by atoms with E-state index in [0.717, 1.165) is 15.6 Å². The van der Waals surface area contributed by atoms with Gasteiger partial charge in [0.05, 0.1) is 23.5 Å². The first-order valence-electron chi connectivity index (χ1n) is 6.96. The van der Waals surface area contributed by atoms with E-state index in [4.69, 9.17) is 22.1 Å². The van der Waals surface area contributed by atoms with Gasteiger partial charge in [-0.2, -0.15) is 0 Å². The fourth-order valence-corrected chi connectivity index (χ4v) is 3.44. The van der Waals surface area contributed by atoms with E-state index in [1.165, 1.54) is 11.3 Å². The third-order valence-electron chi connectivity index (χ3n) is 3.26. The SMILES string of the molecule is CCC(N)C(c1ccc(Cl)s1)N(C)CC(=O)NCCOC. The molecule has 0 aliphatic rings. The third kappa shape index (κ3) is 5.92. The summed E-state index contributed by atoms with van der Waals surface area (Å²) >= 11 is 7.52. The normalized spacial score (nSPS) is 14.2. The quantitative estimate of drug-likeness (QED) is 0.677. The van der Waals surface area contributed by atoms with Crippen LogP contribution in [0.3, 0.4) is 0 Å². The Labute approximate surface area is 135 Å². The number of halogens is 1. The molecule has 0 aliphatic carbocycles. The van der Waals surface area contributed by atoms with Crippen molar-refractivity contribution in [1.29, 1.82) is 0 Å². The van der Waals surface area contributed by atoms with E-state index in [-0.39, 0.29) is 24.5 Å². The Bertz CT molecular complexity index is 442. The lowest BCUT2D eigenvalue weighted by atomic mass is 10.0. The summed E-state index contributed by atoms with van der Waals surface area (Å²) in [6.45, 7) is 3.35. The molecule has 2 unspecified atom stereocenters. The van der Waals surface area contributed by atoms with E-state index in [1.807, 2.05) is 31.0 Å². The van der Waals surface area contributed by atoms with Crippen LogP contribution in [0.4, 0.5) is 0 Å². The van der Waals surface area contributed by atoms with Gasteiger partial charge < -0.3 is 15.8 Å². The number of nitrogens with one attached hydrogen (secondary N) is 1. The van der Waals surface area contributed by atoms with Crippen LogP contribution in [0.1, 0.15) is 24.3 Å². The van der Waals surface area contributed by atoms with Gasteiger partial charge in [-0.3, -0.25) is 9.69 Å². The molecular weight excluding hydrogens is 310 g/mol. The zero-order valence-corrected chi connectivity index (χ0v) is 14.3. The lowest BCUT2D eigenvalue weighted by molar-refractivity contribution is -0.122. The smallest absolute Gasteiger partial charge is 0.234 e. The van der Waals surface area contributed by atoms with E-state index in [0.29, 0.717) is 13.2 Å². The second-order valence-corrected chi connectivity index (χ2v) is 6.66. The Morgan fingerprint density at radius 3 is 2.81 bits per heavy atom. The molecule has 21 heavy (non-hydrogen) atoms. The van der Waals surface area contributed by atoms with Crippen molar-refractivity contribution < 1.29 is 9.53 Å². The molecule has 1 aromatic heterocycles. The molecule has 0 fully saturated rings. The molecule has 5 nitrogen and oxygen atoms in total. The monoisotopic (exact) mass is 333 g/mol. The summed E-state index contributed by atoms with van der Waals surface area (Å²) in [7, 11) is 3.51. The van der Waals surface area contributed by atoms with E-state index < -0.39 is 0 Å². The maximum Gasteiger partial charge on any atom is 0.234 e. The van der Waals surface area contributed by atoms with E-state index >= 15 is 0 Å². The Hall–Kier alpha value is -0.660. The Kier molecular flexibility index (Phi) is 8.21. The number of rotatable bonds is 9. The highest BCUT2D eigenvalue weighted by atomic mass is 35.5. The van der Waals surface area contributed by atoms with Gasteiger partial charge in [0.1, 0.15) is 0 Å². The van der Waals surface area contributed by atoms with Gasteiger partial charge in [0.2, 0.25) is 5.91 Å². The number of thiophene rings is 1. The number of hydrogen-bond donors (Lipinski definition) is 2. The standard InChI is InChI=1S/C14H24ClN3O2S/c1-4-10(16)14(11-5-6-12(15)21-11)18(2)9-13(19)17-7-8-20-3/h5-6,10,14H,4,7-9,16H2,1-3H3,(H,17,19). The van der Waals surface area contributed by atoms with Crippen molar-refractivity contribution in [3.63, 3.8) is 0 Å². The van der Waals surface area contributed by atoms with Gasteiger partial charge in [0.15, 0.2) is 0 Å². The molecule has 0 saturated heterocycles. The van der Waals surface area contributed by atoms with Gasteiger partial charge >= 0.3 is 0 Å². The number of carbonyl (C=O) groups excluding carboxylic acids is 1. The summed E-state index contributed by atoms with van der Waals surface area (Å²) in [6.07, 6.45) is 0.829. The lowest BCUT2D eigenvalue weighted by Gasteiger charge is -2.31. The molecule has 0 saturated carbocycles. The highest BCUT2D eigenvalue weighted by molar-refractivity contribution is 7.16. The summed E-state index contributed by atoms with van der Waals surface area (Å²) in [5.41, 5.74) is 6.23. The predicted molar refractivity (Wildman–Crippen MR) is 87.9 cm³/mol. The van der Waals surface area contributed by atoms with Crippen molar-refractivity contribution in [3.8, 4) is 0 Å². The molecule has 0 radical (unpaired) electrons. The largest absolute Gasteiger partial charge is 0.383 e. The number of ether oxygens (including phenoxy) is 1. The Morgan fingerprint density at radius 1 is 1.57 bits per heavy atom. The average molecular weight is 334 g/mol. The second-order valence-electron chi connectivity index (χ2n) is 4.92. The molecule has 3 N–H and O–H groups in total. The third-order valence-corrected chi connectivity index (χ3v) is 4.56. The van der Waals surface area contributed by atoms with Gasteiger partial charge in [0.25, 0.3) is 0 Å². The predicted octanol–water partition coefficient (Wildman–Crippen LogP) is 1.87. The zero-order chi connectivity index (χ0) is 15.8. The summed E-state index contributed by atoms with van der Waals surface area (Å²) in [5, 5.41) is 2.81. The van der Waals surface area contributed by atoms with Crippen molar-refractivity contribution in [1.82, 2.24) is 10.2 Å². The molecular formula is C14H24ClN3O2S. The molecule has 0 spiro atoms. The van der Waals surface area contributed by atoms with Crippen LogP contribution in [0, 0.1) is 0 Å². The molecule has 0 bridgehead atoms. The fourth-order valence-electron chi connectivity index (χ4n) is 2.14. The van der Waals surface area contributed by atoms with Gasteiger partial charge in [-0.05, 0) is 25.6 Å². The minimum absolute atomic E-state index is 0.0133. The molecule has 1 amide bonds. The fraction of sp³-hybridized carbons (Fsp3) is 0.643. The van der Waals surface area contributed by atoms with Crippen molar-refractivity contribution in [2.24, 2.45) is 5.73 Å². The van der Waals surface area contributed by atoms with Gasteiger partial charge in [-0.1, -0.05) is 18.5 Å². The van der Waals surface area contributed by atoms with Crippen LogP contribution in [0.15, 0.2) is 12.1 Å². The van der Waals surface area contributed by atoms with Crippen LogP contribution in [0.2, 0.25) is 4.34 Å². The average Bonchev–Trinajstić information content (AvgIpc) is 2.85. The first-order valence-corrected chi connectivity index (χ1v) is 8.15. The van der Waals surface area contributed by atoms with Gasteiger partial charge in [-0.25, -0.2) is 0 Å². The van der Waals surface area contributed by atoms with Crippen LogP contribution in [-0.4, -0.2) is 50.7 Å². The molecule has 0 aliphatic heterocycles. The highest BCUT2D eigenvalue weighted by Crippen LogP contribution is 2.32. The Balaban J connectivity index is 2.68. The van der Waals surface area contributed by atoms with E-state index in [1.54, 1.807) is 7.11 Å². The summed E-state index contributed by atoms with van der Waals surface area (Å²) in [5.74, 6) is -0.0366. The second kappa shape index (κ2) is 9.38. The first kappa shape index (κ1) is 18.4. The molecule has 120 valence electrons. The molecule has 2 atom stereocenters. The summed E-state index contributed by atoms with van der Waals surface area (Å²) in [4.78, 5) is 15.0. The summed E-state index contributed by atoms with van der Waals surface area (Å²) < 4.78 is 5.64. The summed E-state index contributed by atoms with van der Waals surface area (Å²) in [6, 6.07) is 3.79. The Morgan fingerprint density at radius 2 is 2.29 bits per heavy atom. The number of nitrogens with two attached hydrogens (primary N) is 1. The van der Waals surface area contributed by atoms with Crippen LogP contribution in [-0.2, 0) is 9.53 Å². The number of amides is 1. The van der Waals surface area contributed by atoms with E-state index in [2.05, 4.69) is 5.32 Å². The highest BCUT2D eigenvalue weighted by Gasteiger charge is 2.25. The maximum absolute atomic E-state index is 11.9. The lowest BCUT2D eigenvalue weighted by Crippen LogP contribution is -2.43. The van der Waals surface area contributed by atoms with E-state index in [9.17, 15) is 4.79 Å². The van der Waals surface area contributed by atoms with Crippen LogP contribution in [0.25, 0.3) is 0 Å². The molecule has 7 heteroatoms. The first-order chi connectivity index (χ1) is 9.99. The maximum atomic E-state index is 11.9. The van der Waals surface area contributed by atoms with Crippen molar-refractivity contribution >= 4 is 28.8 Å². The van der Waals surface area contributed by atoms with Gasteiger partial charge in [0, 0.05) is 24.6 Å². The molecule has 0 aromatic carbocycles. The number of nitrogens with zero attached hydrogens (tertiary/aromatic N) is 1. The molecule has 1 aromatic rings. The minimum atomic E-state index is -0.0449. The number of likely N-dealkylation sites (N-methyl/N-ethyl adjacent to an activating group) is 1. The van der Waals surface area contributed by atoms with Crippen LogP contribution >= 0.6 is 22.9 Å². The van der Waals surface area contributed by atoms with Crippen molar-refractivity contribution in [2.45, 2.75) is 25.4 Å². The topological polar surface area (TPSA) is 67.6 Å². The number of carbonyl (C=O) groups is 1. The minimum Gasteiger partial charge on any atom is -0.383 e. The van der Waals surface area contributed by atoms with Crippen LogP contribution in [0.5, 0.6) is 0 Å². The zero-order valence-electron chi connectivity index (χ0n) is 12.8. The van der Waals surface area contributed by atoms with Gasteiger partial charge in [-0.15, -0.1) is 11.3 Å².